The van der Waals surface area contributed by atoms with Gasteiger partial charge in [-0.1, -0.05) is 30.3 Å². The molecule has 0 atom stereocenters. The number of aromatic nitrogens is 1. The molecule has 1 aromatic carbocycles. The number of nitrogens with one attached hydrogen (secondary N) is 1. The Morgan fingerprint density at radius 2 is 2.00 bits per heavy atom. The Bertz CT molecular complexity index is 494. The highest BCUT2D eigenvalue weighted by Crippen LogP contribution is 2.12. The van der Waals surface area contributed by atoms with E-state index in [0.717, 1.165) is 23.5 Å². The van der Waals surface area contributed by atoms with Crippen LogP contribution in [0.2, 0.25) is 0 Å². The minimum Gasteiger partial charge on any atom is -0.366 e. The van der Waals surface area contributed by atoms with E-state index in [-0.39, 0.29) is 0 Å². The molecular formula is C14H17N3. The lowest BCUT2D eigenvalue weighted by molar-refractivity contribution is 1.04. The van der Waals surface area contributed by atoms with Crippen molar-refractivity contribution in [1.29, 1.82) is 0 Å². The summed E-state index contributed by atoms with van der Waals surface area (Å²) in [5.41, 5.74) is 9.15. The van der Waals surface area contributed by atoms with E-state index in [4.69, 9.17) is 5.73 Å². The second-order valence-corrected chi connectivity index (χ2v) is 4.05. The number of rotatable bonds is 4. The molecule has 3 heteroatoms. The zero-order valence-corrected chi connectivity index (χ0v) is 9.98. The Labute approximate surface area is 102 Å². The standard InChI is InChI=1S/C14H17N3/c1-11-4-3-7-16-14(11)17-10-13-6-2-5-12(8-13)9-15/h2-8H,9-10,15H2,1H3,(H,16,17). The Hall–Kier alpha value is -1.87. The van der Waals surface area contributed by atoms with E-state index in [1.54, 1.807) is 6.20 Å². The van der Waals surface area contributed by atoms with Crippen LogP contribution in [0.1, 0.15) is 16.7 Å². The molecule has 0 aliphatic heterocycles. The molecule has 0 radical (unpaired) electrons. The van der Waals surface area contributed by atoms with E-state index >= 15 is 0 Å². The van der Waals surface area contributed by atoms with Crippen LogP contribution in [0.3, 0.4) is 0 Å². The zero-order chi connectivity index (χ0) is 12.1. The predicted octanol–water partition coefficient (Wildman–Crippen LogP) is 2.46. The van der Waals surface area contributed by atoms with Gasteiger partial charge in [0, 0.05) is 19.3 Å². The molecule has 0 saturated heterocycles. The number of pyridine rings is 1. The number of nitrogens with zero attached hydrogens (tertiary/aromatic N) is 1. The van der Waals surface area contributed by atoms with Crippen LogP contribution in [-0.2, 0) is 13.1 Å². The summed E-state index contributed by atoms with van der Waals surface area (Å²) in [6.07, 6.45) is 1.80. The topological polar surface area (TPSA) is 50.9 Å². The zero-order valence-electron chi connectivity index (χ0n) is 9.98. The molecular weight excluding hydrogens is 210 g/mol. The SMILES string of the molecule is Cc1cccnc1NCc1cccc(CN)c1. The monoisotopic (exact) mass is 227 g/mol. The summed E-state index contributed by atoms with van der Waals surface area (Å²) in [5.74, 6) is 0.936. The van der Waals surface area contributed by atoms with Crippen molar-refractivity contribution >= 4 is 5.82 Å². The van der Waals surface area contributed by atoms with Gasteiger partial charge in [0.05, 0.1) is 0 Å². The van der Waals surface area contributed by atoms with E-state index in [9.17, 15) is 0 Å². The lowest BCUT2D eigenvalue weighted by Gasteiger charge is -2.08. The molecule has 0 amide bonds. The third-order valence-corrected chi connectivity index (χ3v) is 2.70. The largest absolute Gasteiger partial charge is 0.366 e. The molecule has 3 nitrogen and oxygen atoms in total. The van der Waals surface area contributed by atoms with Gasteiger partial charge in [0.1, 0.15) is 5.82 Å². The third-order valence-electron chi connectivity index (χ3n) is 2.70. The molecule has 3 N–H and O–H groups in total. The van der Waals surface area contributed by atoms with Crippen molar-refractivity contribution < 1.29 is 0 Å². The van der Waals surface area contributed by atoms with Crippen molar-refractivity contribution in [2.45, 2.75) is 20.0 Å². The van der Waals surface area contributed by atoms with Crippen LogP contribution in [0.5, 0.6) is 0 Å². The number of benzene rings is 1. The van der Waals surface area contributed by atoms with Gasteiger partial charge < -0.3 is 11.1 Å². The second kappa shape index (κ2) is 5.46. The normalized spacial score (nSPS) is 10.2. The molecule has 0 unspecified atom stereocenters. The number of aryl methyl sites for hydroxylation is 1. The van der Waals surface area contributed by atoms with E-state index < -0.39 is 0 Å². The summed E-state index contributed by atoms with van der Waals surface area (Å²) in [7, 11) is 0. The molecule has 0 aliphatic rings. The van der Waals surface area contributed by atoms with E-state index in [1.807, 2.05) is 31.2 Å². The molecule has 0 bridgehead atoms. The molecule has 0 aliphatic carbocycles. The fourth-order valence-electron chi connectivity index (χ4n) is 1.72. The number of anilines is 1. The highest BCUT2D eigenvalue weighted by atomic mass is 15.0. The van der Waals surface area contributed by atoms with Crippen molar-refractivity contribution in [3.63, 3.8) is 0 Å². The summed E-state index contributed by atoms with van der Waals surface area (Å²) in [6.45, 7) is 3.40. The predicted molar refractivity (Wildman–Crippen MR) is 70.6 cm³/mol. The highest BCUT2D eigenvalue weighted by Gasteiger charge is 1.99. The van der Waals surface area contributed by atoms with Gasteiger partial charge in [-0.25, -0.2) is 4.98 Å². The molecule has 0 fully saturated rings. The van der Waals surface area contributed by atoms with Crippen molar-refractivity contribution in [1.82, 2.24) is 4.98 Å². The van der Waals surface area contributed by atoms with Gasteiger partial charge in [0.15, 0.2) is 0 Å². The van der Waals surface area contributed by atoms with Crippen LogP contribution in [0, 0.1) is 6.92 Å². The number of nitrogens with two attached hydrogens (primary N) is 1. The average molecular weight is 227 g/mol. The summed E-state index contributed by atoms with van der Waals surface area (Å²) < 4.78 is 0. The molecule has 0 spiro atoms. The molecule has 17 heavy (non-hydrogen) atoms. The van der Waals surface area contributed by atoms with Gasteiger partial charge in [0.25, 0.3) is 0 Å². The summed E-state index contributed by atoms with van der Waals surface area (Å²) in [4.78, 5) is 4.30. The fraction of sp³-hybridized carbons (Fsp3) is 0.214. The quantitative estimate of drug-likeness (QED) is 0.843. The van der Waals surface area contributed by atoms with Crippen molar-refractivity contribution in [2.75, 3.05) is 5.32 Å². The third kappa shape index (κ3) is 3.04. The van der Waals surface area contributed by atoms with Crippen LogP contribution in [-0.4, -0.2) is 4.98 Å². The smallest absolute Gasteiger partial charge is 0.129 e. The van der Waals surface area contributed by atoms with Crippen LogP contribution >= 0.6 is 0 Å². The Balaban J connectivity index is 2.05. The molecule has 1 heterocycles. The first kappa shape index (κ1) is 11.6. The maximum absolute atomic E-state index is 5.62. The van der Waals surface area contributed by atoms with E-state index in [2.05, 4.69) is 22.4 Å². The van der Waals surface area contributed by atoms with Gasteiger partial charge in [-0.3, -0.25) is 0 Å². The van der Waals surface area contributed by atoms with Gasteiger partial charge in [-0.15, -0.1) is 0 Å². The molecule has 2 aromatic rings. The van der Waals surface area contributed by atoms with Gasteiger partial charge in [-0.05, 0) is 29.7 Å². The minimum absolute atomic E-state index is 0.580. The maximum Gasteiger partial charge on any atom is 0.129 e. The summed E-state index contributed by atoms with van der Waals surface area (Å²) in [5, 5.41) is 3.33. The maximum atomic E-state index is 5.62. The van der Waals surface area contributed by atoms with Crippen molar-refractivity contribution in [3.8, 4) is 0 Å². The van der Waals surface area contributed by atoms with Crippen LogP contribution in [0.15, 0.2) is 42.6 Å². The molecule has 88 valence electrons. The summed E-state index contributed by atoms with van der Waals surface area (Å²) >= 11 is 0. The van der Waals surface area contributed by atoms with Gasteiger partial charge >= 0.3 is 0 Å². The lowest BCUT2D eigenvalue weighted by Crippen LogP contribution is -2.04. The van der Waals surface area contributed by atoms with Gasteiger partial charge in [0.2, 0.25) is 0 Å². The molecule has 2 rings (SSSR count). The van der Waals surface area contributed by atoms with Gasteiger partial charge in [-0.2, -0.15) is 0 Å². The first-order chi connectivity index (χ1) is 8.29. The van der Waals surface area contributed by atoms with Crippen molar-refractivity contribution in [3.05, 3.63) is 59.3 Å². The minimum atomic E-state index is 0.580. The van der Waals surface area contributed by atoms with E-state index in [0.29, 0.717) is 6.54 Å². The summed E-state index contributed by atoms with van der Waals surface area (Å²) in [6, 6.07) is 12.3. The second-order valence-electron chi connectivity index (χ2n) is 4.05. The van der Waals surface area contributed by atoms with Crippen LogP contribution in [0.25, 0.3) is 0 Å². The Morgan fingerprint density at radius 1 is 1.18 bits per heavy atom. The molecule has 0 saturated carbocycles. The lowest BCUT2D eigenvalue weighted by atomic mass is 10.1. The number of hydrogen-bond acceptors (Lipinski definition) is 3. The first-order valence-electron chi connectivity index (χ1n) is 5.73. The first-order valence-corrected chi connectivity index (χ1v) is 5.73. The average Bonchev–Trinajstić information content (AvgIpc) is 2.38. The van der Waals surface area contributed by atoms with Crippen LogP contribution < -0.4 is 11.1 Å². The number of hydrogen-bond donors (Lipinski definition) is 2. The van der Waals surface area contributed by atoms with E-state index in [1.165, 1.54) is 5.56 Å². The van der Waals surface area contributed by atoms with Crippen molar-refractivity contribution in [2.24, 2.45) is 5.73 Å². The Morgan fingerprint density at radius 3 is 2.76 bits per heavy atom. The fourth-order valence-corrected chi connectivity index (χ4v) is 1.72. The molecule has 1 aromatic heterocycles. The highest BCUT2D eigenvalue weighted by molar-refractivity contribution is 5.43. The Kier molecular flexibility index (Phi) is 3.73. The van der Waals surface area contributed by atoms with Crippen LogP contribution in [0.4, 0.5) is 5.82 Å².